The van der Waals surface area contributed by atoms with Crippen LogP contribution in [0.15, 0.2) is 54.9 Å². The molecular weight excluding hydrogens is 298 g/mol. The molecule has 5 nitrogen and oxygen atoms in total. The molecule has 1 fully saturated rings. The van der Waals surface area contributed by atoms with Gasteiger partial charge < -0.3 is 5.32 Å². The van der Waals surface area contributed by atoms with Crippen LogP contribution in [0.1, 0.15) is 42.5 Å². The SMILES string of the molecule is Cc1ccccc1C1(NC(C)c2ccc(-n3cnnn3)cc2)CC1. The minimum atomic E-state index is 0.138. The number of nitrogens with zero attached hydrogens (tertiary/aromatic N) is 4. The summed E-state index contributed by atoms with van der Waals surface area (Å²) < 4.78 is 1.66. The predicted molar refractivity (Wildman–Crippen MR) is 92.8 cm³/mol. The lowest BCUT2D eigenvalue weighted by Crippen LogP contribution is -2.32. The van der Waals surface area contributed by atoms with Crippen molar-refractivity contribution in [2.75, 3.05) is 0 Å². The fourth-order valence-electron chi connectivity index (χ4n) is 3.42. The van der Waals surface area contributed by atoms with E-state index < -0.39 is 0 Å². The molecule has 0 amide bonds. The van der Waals surface area contributed by atoms with E-state index in [1.807, 2.05) is 0 Å². The second-order valence-corrected chi connectivity index (χ2v) is 6.61. The molecule has 0 saturated heterocycles. The van der Waals surface area contributed by atoms with Crippen LogP contribution in [0.4, 0.5) is 0 Å². The lowest BCUT2D eigenvalue weighted by molar-refractivity contribution is 0.449. The molecule has 1 aliphatic rings. The highest BCUT2D eigenvalue weighted by atomic mass is 15.5. The Balaban J connectivity index is 1.52. The van der Waals surface area contributed by atoms with Crippen LogP contribution < -0.4 is 5.32 Å². The molecule has 1 unspecified atom stereocenters. The van der Waals surface area contributed by atoms with Crippen molar-refractivity contribution in [3.05, 3.63) is 71.5 Å². The number of hydrogen-bond acceptors (Lipinski definition) is 4. The molecule has 5 heteroatoms. The van der Waals surface area contributed by atoms with Gasteiger partial charge in [0.15, 0.2) is 0 Å². The molecule has 1 N–H and O–H groups in total. The van der Waals surface area contributed by atoms with E-state index in [0.29, 0.717) is 0 Å². The van der Waals surface area contributed by atoms with Crippen LogP contribution >= 0.6 is 0 Å². The normalized spacial score (nSPS) is 16.8. The van der Waals surface area contributed by atoms with Gasteiger partial charge in [-0.1, -0.05) is 36.4 Å². The first-order chi connectivity index (χ1) is 11.7. The Labute approximate surface area is 141 Å². The molecule has 0 bridgehead atoms. The summed E-state index contributed by atoms with van der Waals surface area (Å²) in [4.78, 5) is 0. The molecule has 1 saturated carbocycles. The van der Waals surface area contributed by atoms with Gasteiger partial charge in [-0.3, -0.25) is 0 Å². The fourth-order valence-corrected chi connectivity index (χ4v) is 3.42. The predicted octanol–water partition coefficient (Wildman–Crippen LogP) is 3.31. The first kappa shape index (κ1) is 15.0. The van der Waals surface area contributed by atoms with Crippen molar-refractivity contribution in [2.45, 2.75) is 38.3 Å². The van der Waals surface area contributed by atoms with Gasteiger partial charge in [0.05, 0.1) is 5.69 Å². The van der Waals surface area contributed by atoms with Gasteiger partial charge >= 0.3 is 0 Å². The molecule has 3 aromatic rings. The summed E-state index contributed by atoms with van der Waals surface area (Å²) in [6.45, 7) is 4.42. The first-order valence-corrected chi connectivity index (χ1v) is 8.35. The summed E-state index contributed by atoms with van der Waals surface area (Å²) in [5.41, 5.74) is 5.17. The van der Waals surface area contributed by atoms with E-state index in [1.165, 1.54) is 29.5 Å². The number of aryl methyl sites for hydroxylation is 1. The monoisotopic (exact) mass is 319 g/mol. The Morgan fingerprint density at radius 3 is 2.46 bits per heavy atom. The number of aromatic nitrogens is 4. The molecular formula is C19H21N5. The molecule has 0 radical (unpaired) electrons. The molecule has 1 heterocycles. The van der Waals surface area contributed by atoms with Crippen LogP contribution in [-0.2, 0) is 5.54 Å². The smallest absolute Gasteiger partial charge is 0.143 e. The zero-order valence-corrected chi connectivity index (χ0v) is 14.0. The summed E-state index contributed by atoms with van der Waals surface area (Å²) in [6, 6.07) is 17.4. The van der Waals surface area contributed by atoms with Gasteiger partial charge in [0, 0.05) is 11.6 Å². The van der Waals surface area contributed by atoms with Crippen LogP contribution in [-0.4, -0.2) is 20.2 Å². The van der Waals surface area contributed by atoms with E-state index in [2.05, 4.69) is 83.2 Å². The summed E-state index contributed by atoms with van der Waals surface area (Å²) in [6.07, 6.45) is 4.00. The van der Waals surface area contributed by atoms with Crippen LogP contribution in [0.5, 0.6) is 0 Å². The van der Waals surface area contributed by atoms with Crippen molar-refractivity contribution in [1.29, 1.82) is 0 Å². The molecule has 1 aromatic heterocycles. The fraction of sp³-hybridized carbons (Fsp3) is 0.316. The Hall–Kier alpha value is -2.53. The number of hydrogen-bond donors (Lipinski definition) is 1. The third kappa shape index (κ3) is 2.71. The summed E-state index contributed by atoms with van der Waals surface area (Å²) in [7, 11) is 0. The topological polar surface area (TPSA) is 55.6 Å². The van der Waals surface area contributed by atoms with Crippen LogP contribution in [0.25, 0.3) is 5.69 Å². The summed E-state index contributed by atoms with van der Waals surface area (Å²) >= 11 is 0. The highest BCUT2D eigenvalue weighted by Gasteiger charge is 2.45. The molecule has 0 aliphatic heterocycles. The molecule has 1 atom stereocenters. The molecule has 24 heavy (non-hydrogen) atoms. The molecule has 122 valence electrons. The van der Waals surface area contributed by atoms with Crippen LogP contribution in [0.2, 0.25) is 0 Å². The second kappa shape index (κ2) is 5.83. The van der Waals surface area contributed by atoms with Crippen LogP contribution in [0.3, 0.4) is 0 Å². The third-order valence-electron chi connectivity index (χ3n) is 4.91. The number of tetrazole rings is 1. The Kier molecular flexibility index (Phi) is 3.65. The van der Waals surface area contributed by atoms with Gasteiger partial charge in [-0.2, -0.15) is 0 Å². The van der Waals surface area contributed by atoms with Crippen molar-refractivity contribution >= 4 is 0 Å². The van der Waals surface area contributed by atoms with Gasteiger partial charge in [0.1, 0.15) is 6.33 Å². The Bertz CT molecular complexity index is 819. The van der Waals surface area contributed by atoms with Crippen molar-refractivity contribution in [2.24, 2.45) is 0 Å². The molecule has 0 spiro atoms. The number of nitrogens with one attached hydrogen (secondary N) is 1. The first-order valence-electron chi connectivity index (χ1n) is 8.35. The highest BCUT2D eigenvalue weighted by molar-refractivity contribution is 5.38. The zero-order chi connectivity index (χ0) is 16.6. The Morgan fingerprint density at radius 2 is 1.83 bits per heavy atom. The van der Waals surface area contributed by atoms with Crippen molar-refractivity contribution in [3.63, 3.8) is 0 Å². The average Bonchev–Trinajstić information content (AvgIpc) is 3.17. The maximum absolute atomic E-state index is 3.92. The minimum Gasteiger partial charge on any atom is -0.301 e. The standard InChI is InChI=1S/C19H21N5/c1-14-5-3-4-6-18(14)19(11-12-19)21-15(2)16-7-9-17(10-8-16)24-13-20-22-23-24/h3-10,13,15,21H,11-12H2,1-2H3. The van der Waals surface area contributed by atoms with E-state index >= 15 is 0 Å². The van der Waals surface area contributed by atoms with Crippen molar-refractivity contribution in [3.8, 4) is 5.69 Å². The van der Waals surface area contributed by atoms with E-state index in [9.17, 15) is 0 Å². The lowest BCUT2D eigenvalue weighted by atomic mass is 9.97. The van der Waals surface area contributed by atoms with Gasteiger partial charge in [-0.05, 0) is 65.9 Å². The van der Waals surface area contributed by atoms with Gasteiger partial charge in [0.2, 0.25) is 0 Å². The van der Waals surface area contributed by atoms with E-state index in [0.717, 1.165) is 5.69 Å². The lowest BCUT2D eigenvalue weighted by Gasteiger charge is -2.25. The number of rotatable bonds is 5. The highest BCUT2D eigenvalue weighted by Crippen LogP contribution is 2.48. The van der Waals surface area contributed by atoms with Gasteiger partial charge in [-0.15, -0.1) is 5.10 Å². The molecule has 1 aliphatic carbocycles. The number of benzene rings is 2. The van der Waals surface area contributed by atoms with E-state index in [1.54, 1.807) is 11.0 Å². The Morgan fingerprint density at radius 1 is 1.08 bits per heavy atom. The molecule has 2 aromatic carbocycles. The van der Waals surface area contributed by atoms with Gasteiger partial charge in [0.25, 0.3) is 0 Å². The maximum Gasteiger partial charge on any atom is 0.143 e. The van der Waals surface area contributed by atoms with E-state index in [4.69, 9.17) is 0 Å². The van der Waals surface area contributed by atoms with Crippen molar-refractivity contribution in [1.82, 2.24) is 25.5 Å². The quantitative estimate of drug-likeness (QED) is 0.784. The van der Waals surface area contributed by atoms with E-state index in [-0.39, 0.29) is 11.6 Å². The minimum absolute atomic E-state index is 0.138. The largest absolute Gasteiger partial charge is 0.301 e. The summed E-state index contributed by atoms with van der Waals surface area (Å²) in [5.74, 6) is 0. The van der Waals surface area contributed by atoms with Gasteiger partial charge in [-0.25, -0.2) is 4.68 Å². The maximum atomic E-state index is 3.92. The zero-order valence-electron chi connectivity index (χ0n) is 14.0. The molecule has 4 rings (SSSR count). The third-order valence-corrected chi connectivity index (χ3v) is 4.91. The summed E-state index contributed by atoms with van der Waals surface area (Å²) in [5, 5.41) is 15.1. The average molecular weight is 319 g/mol. The van der Waals surface area contributed by atoms with Crippen LogP contribution in [0, 0.1) is 6.92 Å². The van der Waals surface area contributed by atoms with Crippen molar-refractivity contribution < 1.29 is 0 Å². The second-order valence-electron chi connectivity index (χ2n) is 6.61.